The van der Waals surface area contributed by atoms with Crippen LogP contribution in [0.5, 0.6) is 0 Å². The Balaban J connectivity index is 1.51. The van der Waals surface area contributed by atoms with Gasteiger partial charge in [-0.1, -0.05) is 28.1 Å². The second-order valence-electron chi connectivity index (χ2n) is 11.1. The van der Waals surface area contributed by atoms with Crippen LogP contribution in [0.1, 0.15) is 43.2 Å². The monoisotopic (exact) mass is 688 g/mol. The van der Waals surface area contributed by atoms with Crippen molar-refractivity contribution >= 4 is 37.8 Å². The van der Waals surface area contributed by atoms with E-state index in [4.69, 9.17) is 4.74 Å². The molecule has 4 rings (SSSR count). The molecule has 0 saturated carbocycles. The first-order valence-corrected chi connectivity index (χ1v) is 16.8. The second-order valence-corrected chi connectivity index (χ2v) is 13.8. The first-order chi connectivity index (χ1) is 20.4. The van der Waals surface area contributed by atoms with Gasteiger partial charge in [-0.15, -0.1) is 0 Å². The summed E-state index contributed by atoms with van der Waals surface area (Å²) >= 11 is 3.21. The number of halogens is 4. The maximum absolute atomic E-state index is 14.4. The van der Waals surface area contributed by atoms with E-state index in [1.54, 1.807) is 12.1 Å². The van der Waals surface area contributed by atoms with Gasteiger partial charge >= 0.3 is 0 Å². The summed E-state index contributed by atoms with van der Waals surface area (Å²) in [6, 6.07) is 5.38. The Kier molecular flexibility index (Phi) is 11.6. The van der Waals surface area contributed by atoms with Crippen molar-refractivity contribution in [2.45, 2.75) is 63.4 Å². The molecule has 2 amide bonds. The standard InChI is InChI=1S/C29H36BrF3N4O5S/c1-43(40,41)36-26(7-2-18-8-10-34-11-9-18)29(39)37-16-23(42-17-20-3-5-21(30)12-24(20)32)14-27(37)28(38)35-15-19-4-6-22(31)13-25(19)33/h3-6,12-13,18,23,26-27,34,36H,2,7-11,14-17H2,1H3,(H,35,38)/t23-,26-,27+/m1/s1. The maximum Gasteiger partial charge on any atom is 0.243 e. The molecular formula is C29H36BrF3N4O5S. The topological polar surface area (TPSA) is 117 Å². The van der Waals surface area contributed by atoms with Crippen LogP contribution in [0.2, 0.25) is 0 Å². The van der Waals surface area contributed by atoms with Gasteiger partial charge in [0.2, 0.25) is 21.8 Å². The third kappa shape index (κ3) is 9.73. The predicted molar refractivity (Wildman–Crippen MR) is 158 cm³/mol. The van der Waals surface area contributed by atoms with E-state index in [1.165, 1.54) is 17.0 Å². The number of nitrogens with zero attached hydrogens (tertiary/aromatic N) is 1. The third-order valence-corrected chi connectivity index (χ3v) is 8.99. The lowest BCUT2D eigenvalue weighted by atomic mass is 9.91. The first-order valence-electron chi connectivity index (χ1n) is 14.1. The molecule has 0 radical (unpaired) electrons. The summed E-state index contributed by atoms with van der Waals surface area (Å²) in [5, 5.41) is 5.88. The van der Waals surface area contributed by atoms with Crippen molar-refractivity contribution in [3.63, 3.8) is 0 Å². The number of rotatable bonds is 12. The van der Waals surface area contributed by atoms with E-state index in [2.05, 4.69) is 31.3 Å². The quantitative estimate of drug-likeness (QED) is 0.315. The van der Waals surface area contributed by atoms with Crippen molar-refractivity contribution in [1.82, 2.24) is 20.3 Å². The zero-order valence-corrected chi connectivity index (χ0v) is 26.2. The minimum absolute atomic E-state index is 0.0325. The van der Waals surface area contributed by atoms with Crippen LogP contribution in [0.4, 0.5) is 13.2 Å². The highest BCUT2D eigenvalue weighted by Gasteiger charge is 2.43. The molecule has 0 bridgehead atoms. The number of ether oxygens (including phenoxy) is 1. The number of nitrogens with one attached hydrogen (secondary N) is 3. The van der Waals surface area contributed by atoms with E-state index in [9.17, 15) is 31.2 Å². The van der Waals surface area contributed by atoms with Gasteiger partial charge in [-0.3, -0.25) is 9.59 Å². The van der Waals surface area contributed by atoms with Crippen LogP contribution in [0, 0.1) is 23.4 Å². The fourth-order valence-corrected chi connectivity index (χ4v) is 6.55. The van der Waals surface area contributed by atoms with E-state index in [1.807, 2.05) is 0 Å². The van der Waals surface area contributed by atoms with Gasteiger partial charge < -0.3 is 20.3 Å². The summed E-state index contributed by atoms with van der Waals surface area (Å²) in [6.45, 7) is 1.31. The van der Waals surface area contributed by atoms with Crippen LogP contribution in [-0.4, -0.2) is 69.2 Å². The lowest BCUT2D eigenvalue weighted by molar-refractivity contribution is -0.140. The van der Waals surface area contributed by atoms with E-state index < -0.39 is 57.5 Å². The van der Waals surface area contributed by atoms with Gasteiger partial charge in [0.25, 0.3) is 0 Å². The van der Waals surface area contributed by atoms with Gasteiger partial charge in [0, 0.05) is 41.2 Å². The molecule has 2 aliphatic heterocycles. The number of carbonyl (C=O) groups is 2. The Labute approximate surface area is 258 Å². The van der Waals surface area contributed by atoms with E-state index in [0.717, 1.165) is 38.3 Å². The molecule has 9 nitrogen and oxygen atoms in total. The highest BCUT2D eigenvalue weighted by molar-refractivity contribution is 9.10. The Morgan fingerprint density at radius 1 is 1.09 bits per heavy atom. The molecule has 0 aliphatic carbocycles. The van der Waals surface area contributed by atoms with Gasteiger partial charge in [-0.2, -0.15) is 0 Å². The molecule has 3 N–H and O–H groups in total. The molecule has 2 aromatic rings. The summed E-state index contributed by atoms with van der Waals surface area (Å²) < 4.78 is 75.3. The van der Waals surface area contributed by atoms with E-state index in [-0.39, 0.29) is 38.1 Å². The Morgan fingerprint density at radius 3 is 2.47 bits per heavy atom. The lowest BCUT2D eigenvalue weighted by Gasteiger charge is -2.30. The van der Waals surface area contributed by atoms with Gasteiger partial charge in [-0.25, -0.2) is 26.3 Å². The first kappa shape index (κ1) is 33.4. The molecule has 2 aliphatic rings. The minimum Gasteiger partial charge on any atom is -0.371 e. The molecule has 14 heteroatoms. The number of likely N-dealkylation sites (tertiary alicyclic amines) is 1. The largest absolute Gasteiger partial charge is 0.371 e. The zero-order valence-electron chi connectivity index (χ0n) is 23.8. The van der Waals surface area contributed by atoms with Crippen molar-refractivity contribution < 1.29 is 35.9 Å². The molecule has 43 heavy (non-hydrogen) atoms. The van der Waals surface area contributed by atoms with Crippen LogP contribution < -0.4 is 15.4 Å². The average Bonchev–Trinajstić information content (AvgIpc) is 3.38. The average molecular weight is 690 g/mol. The molecule has 236 valence electrons. The van der Waals surface area contributed by atoms with Gasteiger partial charge in [0.1, 0.15) is 29.5 Å². The highest BCUT2D eigenvalue weighted by Crippen LogP contribution is 2.26. The molecule has 2 heterocycles. The van der Waals surface area contributed by atoms with Crippen LogP contribution in [0.15, 0.2) is 40.9 Å². The Hall–Kier alpha value is -2.52. The van der Waals surface area contributed by atoms with Crippen molar-refractivity contribution in [3.8, 4) is 0 Å². The normalized spacial score (nSPS) is 20.3. The molecular weight excluding hydrogens is 653 g/mol. The molecule has 2 fully saturated rings. The van der Waals surface area contributed by atoms with E-state index in [0.29, 0.717) is 28.4 Å². The van der Waals surface area contributed by atoms with Crippen molar-refractivity contribution in [2.24, 2.45) is 5.92 Å². The fourth-order valence-electron chi connectivity index (χ4n) is 5.49. The smallest absolute Gasteiger partial charge is 0.243 e. The van der Waals surface area contributed by atoms with Gasteiger partial charge in [0.05, 0.1) is 19.0 Å². The predicted octanol–water partition coefficient (Wildman–Crippen LogP) is 3.37. The molecule has 3 atom stereocenters. The Bertz CT molecular complexity index is 1410. The lowest BCUT2D eigenvalue weighted by Crippen LogP contribution is -2.53. The number of piperidine rings is 1. The number of hydrogen-bond donors (Lipinski definition) is 3. The third-order valence-electron chi connectivity index (χ3n) is 7.78. The van der Waals surface area contributed by atoms with Crippen LogP contribution >= 0.6 is 15.9 Å². The fraction of sp³-hybridized carbons (Fsp3) is 0.517. The molecule has 0 unspecified atom stereocenters. The Morgan fingerprint density at radius 2 is 1.79 bits per heavy atom. The SMILES string of the molecule is CS(=O)(=O)N[C@H](CCC1CCNCC1)C(=O)N1C[C@H](OCc2ccc(Br)cc2F)C[C@H]1C(=O)NCc1ccc(F)cc1F. The molecule has 2 saturated heterocycles. The van der Waals surface area contributed by atoms with Gasteiger partial charge in [0.15, 0.2) is 0 Å². The van der Waals surface area contributed by atoms with Crippen molar-refractivity contribution in [1.29, 1.82) is 0 Å². The van der Waals surface area contributed by atoms with Crippen LogP contribution in [0.25, 0.3) is 0 Å². The zero-order chi connectivity index (χ0) is 31.1. The number of amides is 2. The van der Waals surface area contributed by atoms with Crippen molar-refractivity contribution in [3.05, 3.63) is 69.4 Å². The minimum atomic E-state index is -3.77. The molecule has 2 aromatic carbocycles. The second kappa shape index (κ2) is 15.0. The maximum atomic E-state index is 14.4. The summed E-state index contributed by atoms with van der Waals surface area (Å²) in [5.41, 5.74) is 0.349. The number of carbonyl (C=O) groups excluding carboxylic acids is 2. The summed E-state index contributed by atoms with van der Waals surface area (Å²) in [7, 11) is -3.77. The van der Waals surface area contributed by atoms with Crippen LogP contribution in [0.3, 0.4) is 0 Å². The number of benzene rings is 2. The van der Waals surface area contributed by atoms with Crippen LogP contribution in [-0.2, 0) is 37.5 Å². The number of hydrogen-bond acceptors (Lipinski definition) is 6. The molecule has 0 aromatic heterocycles. The summed E-state index contributed by atoms with van der Waals surface area (Å²) in [6.07, 6.45) is 3.07. The van der Waals surface area contributed by atoms with Crippen molar-refractivity contribution in [2.75, 3.05) is 25.9 Å². The molecule has 0 spiro atoms. The van der Waals surface area contributed by atoms with E-state index >= 15 is 0 Å². The highest BCUT2D eigenvalue weighted by atomic mass is 79.9. The number of sulfonamides is 1. The summed E-state index contributed by atoms with van der Waals surface area (Å²) in [4.78, 5) is 28.5. The van der Waals surface area contributed by atoms with Gasteiger partial charge in [-0.05, 0) is 62.9 Å². The summed E-state index contributed by atoms with van der Waals surface area (Å²) in [5.74, 6) is -2.91.